The number of rotatable bonds is 7. The van der Waals surface area contributed by atoms with E-state index in [9.17, 15) is 13.2 Å². The number of carbonyl (C=O) groups excluding carboxylic acids is 1. The van der Waals surface area contributed by atoms with Crippen LogP contribution in [-0.2, 0) is 16.7 Å². The lowest BCUT2D eigenvalue weighted by molar-refractivity contribution is 0.187. The average Bonchev–Trinajstić information content (AvgIpc) is 2.62. The van der Waals surface area contributed by atoms with Gasteiger partial charge in [-0.15, -0.1) is 0 Å². The molecule has 2 rings (SSSR count). The van der Waals surface area contributed by atoms with Gasteiger partial charge in [0.2, 0.25) is 0 Å². The van der Waals surface area contributed by atoms with Crippen LogP contribution in [-0.4, -0.2) is 31.6 Å². The van der Waals surface area contributed by atoms with E-state index in [-0.39, 0.29) is 17.8 Å². The van der Waals surface area contributed by atoms with Crippen LogP contribution in [0.2, 0.25) is 10.0 Å². The molecule has 1 N–H and O–H groups in total. The molecule has 0 aliphatic rings. The number of benzene rings is 2. The summed E-state index contributed by atoms with van der Waals surface area (Å²) >= 11 is 12.3. The number of amides is 2. The number of carbonyl (C=O) groups is 1. The van der Waals surface area contributed by atoms with Gasteiger partial charge in [-0.25, -0.2) is 4.79 Å². The van der Waals surface area contributed by atoms with E-state index in [2.05, 4.69) is 5.32 Å². The van der Waals surface area contributed by atoms with Gasteiger partial charge < -0.3 is 14.4 Å². The lowest BCUT2D eigenvalue weighted by atomic mass is 10.1. The second-order valence-corrected chi connectivity index (χ2v) is 8.73. The second-order valence-electron chi connectivity index (χ2n) is 6.34. The Morgan fingerprint density at radius 3 is 2.21 bits per heavy atom. The highest BCUT2D eigenvalue weighted by molar-refractivity contribution is 7.86. The van der Waals surface area contributed by atoms with E-state index in [4.69, 9.17) is 27.4 Å². The summed E-state index contributed by atoms with van der Waals surface area (Å²) in [5, 5.41) is 3.48. The molecule has 1 atom stereocenters. The first-order valence-corrected chi connectivity index (χ1v) is 11.2. The van der Waals surface area contributed by atoms with Crippen molar-refractivity contribution in [3.63, 3.8) is 0 Å². The van der Waals surface area contributed by atoms with E-state index >= 15 is 0 Å². The Balaban J connectivity index is 2.18. The highest BCUT2D eigenvalue weighted by atomic mass is 35.5. The van der Waals surface area contributed by atoms with Crippen molar-refractivity contribution in [3.05, 3.63) is 58.1 Å². The topological polar surface area (TPSA) is 75.7 Å². The van der Waals surface area contributed by atoms with Gasteiger partial charge in [0.25, 0.3) is 0 Å². The molecule has 152 valence electrons. The quantitative estimate of drug-likeness (QED) is 0.597. The zero-order chi connectivity index (χ0) is 20.9. The van der Waals surface area contributed by atoms with Crippen molar-refractivity contribution >= 4 is 45.0 Å². The third-order valence-electron chi connectivity index (χ3n) is 4.10. The van der Waals surface area contributed by atoms with E-state index in [1.54, 1.807) is 47.4 Å². The summed E-state index contributed by atoms with van der Waals surface area (Å²) in [6, 6.07) is 11.1. The molecule has 6 nitrogen and oxygen atoms in total. The van der Waals surface area contributed by atoms with Gasteiger partial charge >= 0.3 is 16.1 Å². The number of hydrogen-bond donors (Lipinski definition) is 1. The van der Waals surface area contributed by atoms with Crippen molar-refractivity contribution in [2.75, 3.05) is 11.6 Å². The van der Waals surface area contributed by atoms with Gasteiger partial charge in [0, 0.05) is 12.6 Å². The first-order valence-electron chi connectivity index (χ1n) is 8.60. The van der Waals surface area contributed by atoms with E-state index < -0.39 is 10.1 Å². The summed E-state index contributed by atoms with van der Waals surface area (Å²) in [6.07, 6.45) is 1.73. The minimum Gasteiger partial charge on any atom is -0.383 e. The number of anilines is 1. The molecular formula is C19H22Cl2N2O4S. The van der Waals surface area contributed by atoms with Gasteiger partial charge in [-0.05, 0) is 43.2 Å². The van der Waals surface area contributed by atoms with Crippen LogP contribution >= 0.6 is 23.2 Å². The van der Waals surface area contributed by atoms with Gasteiger partial charge in [-0.1, -0.05) is 48.3 Å². The molecule has 0 aliphatic heterocycles. The summed E-state index contributed by atoms with van der Waals surface area (Å²) < 4.78 is 27.2. The molecule has 0 fully saturated rings. The molecule has 0 aromatic heterocycles. The average molecular weight is 445 g/mol. The first kappa shape index (κ1) is 22.3. The summed E-state index contributed by atoms with van der Waals surface area (Å²) in [7, 11) is -3.59. The molecule has 28 heavy (non-hydrogen) atoms. The monoisotopic (exact) mass is 444 g/mol. The maximum absolute atomic E-state index is 12.9. The molecule has 0 saturated heterocycles. The van der Waals surface area contributed by atoms with Crippen LogP contribution in [0.3, 0.4) is 0 Å². The summed E-state index contributed by atoms with van der Waals surface area (Å²) in [5.74, 6) is 0.216. The molecule has 1 unspecified atom stereocenters. The van der Waals surface area contributed by atoms with Crippen LogP contribution in [0.25, 0.3) is 0 Å². The van der Waals surface area contributed by atoms with E-state index in [1.807, 2.05) is 13.8 Å². The first-order chi connectivity index (χ1) is 13.1. The smallest absolute Gasteiger partial charge is 0.322 e. The highest BCUT2D eigenvalue weighted by Gasteiger charge is 2.21. The fourth-order valence-corrected chi connectivity index (χ4v) is 3.42. The van der Waals surface area contributed by atoms with Gasteiger partial charge in [0.05, 0.1) is 22.0 Å². The van der Waals surface area contributed by atoms with Gasteiger partial charge in [-0.3, -0.25) is 0 Å². The Labute approximate surface area is 175 Å². The standard InChI is InChI=1S/C19H22Cl2N2O4S/c1-4-13(2)23(19(24)22-18-16(20)6-5-7-17(18)21)12-14-8-10-15(11-9-14)27-28(3,25)26/h5-11,13H,4,12H2,1-3H3,(H,22,24). The number of para-hydroxylation sites is 1. The van der Waals surface area contributed by atoms with Crippen molar-refractivity contribution in [2.24, 2.45) is 0 Å². The number of nitrogens with one attached hydrogen (secondary N) is 1. The normalized spacial score (nSPS) is 12.3. The number of halogens is 2. The molecule has 2 amide bonds. The molecule has 9 heteroatoms. The summed E-state index contributed by atoms with van der Waals surface area (Å²) in [6.45, 7) is 4.24. The van der Waals surface area contributed by atoms with Crippen LogP contribution < -0.4 is 9.50 Å². The predicted octanol–water partition coefficient (Wildman–Crippen LogP) is 5.16. The SMILES string of the molecule is CCC(C)N(Cc1ccc(OS(C)(=O)=O)cc1)C(=O)Nc1c(Cl)cccc1Cl. The molecule has 0 heterocycles. The zero-order valence-corrected chi connectivity index (χ0v) is 18.1. The lowest BCUT2D eigenvalue weighted by Crippen LogP contribution is -2.40. The summed E-state index contributed by atoms with van der Waals surface area (Å²) in [4.78, 5) is 14.5. The number of nitrogens with zero attached hydrogens (tertiary/aromatic N) is 1. The Morgan fingerprint density at radius 2 is 1.71 bits per heavy atom. The van der Waals surface area contributed by atoms with E-state index in [0.717, 1.165) is 18.2 Å². The van der Waals surface area contributed by atoms with Gasteiger partial charge in [-0.2, -0.15) is 8.42 Å². The number of hydrogen-bond acceptors (Lipinski definition) is 4. The molecule has 0 radical (unpaired) electrons. The van der Waals surface area contributed by atoms with Crippen LogP contribution in [0.4, 0.5) is 10.5 Å². The predicted molar refractivity (Wildman–Crippen MR) is 113 cm³/mol. The van der Waals surface area contributed by atoms with Crippen molar-refractivity contribution in [3.8, 4) is 5.75 Å². The Bertz CT molecular complexity index is 913. The molecule has 0 spiro atoms. The molecule has 2 aromatic carbocycles. The third-order valence-corrected chi connectivity index (χ3v) is 5.23. The minimum atomic E-state index is -3.59. The van der Waals surface area contributed by atoms with E-state index in [0.29, 0.717) is 22.3 Å². The van der Waals surface area contributed by atoms with Gasteiger partial charge in [0.1, 0.15) is 5.75 Å². The molecule has 0 aliphatic carbocycles. The zero-order valence-electron chi connectivity index (χ0n) is 15.8. The number of urea groups is 1. The van der Waals surface area contributed by atoms with Crippen molar-refractivity contribution < 1.29 is 17.4 Å². The maximum Gasteiger partial charge on any atom is 0.322 e. The van der Waals surface area contributed by atoms with Gasteiger partial charge in [0.15, 0.2) is 0 Å². The summed E-state index contributed by atoms with van der Waals surface area (Å²) in [5.41, 5.74) is 1.18. The molecular weight excluding hydrogens is 423 g/mol. The van der Waals surface area contributed by atoms with Crippen molar-refractivity contribution in [2.45, 2.75) is 32.9 Å². The minimum absolute atomic E-state index is 0.0480. The van der Waals surface area contributed by atoms with Crippen LogP contribution in [0, 0.1) is 0 Å². The Morgan fingerprint density at radius 1 is 1.14 bits per heavy atom. The fourth-order valence-electron chi connectivity index (χ4n) is 2.47. The second kappa shape index (κ2) is 9.49. The lowest BCUT2D eigenvalue weighted by Gasteiger charge is -2.29. The largest absolute Gasteiger partial charge is 0.383 e. The fraction of sp³-hybridized carbons (Fsp3) is 0.316. The third kappa shape index (κ3) is 6.29. The van der Waals surface area contributed by atoms with Crippen LogP contribution in [0.5, 0.6) is 5.75 Å². The Kier molecular flexibility index (Phi) is 7.57. The van der Waals surface area contributed by atoms with Crippen LogP contribution in [0.15, 0.2) is 42.5 Å². The maximum atomic E-state index is 12.9. The molecule has 0 saturated carbocycles. The molecule has 0 bridgehead atoms. The van der Waals surface area contributed by atoms with E-state index in [1.165, 1.54) is 0 Å². The van der Waals surface area contributed by atoms with Crippen molar-refractivity contribution in [1.82, 2.24) is 4.90 Å². The van der Waals surface area contributed by atoms with Crippen molar-refractivity contribution in [1.29, 1.82) is 0 Å². The Hall–Kier alpha value is -1.96. The molecule has 2 aromatic rings. The highest BCUT2D eigenvalue weighted by Crippen LogP contribution is 2.30. The van der Waals surface area contributed by atoms with Crippen LogP contribution in [0.1, 0.15) is 25.8 Å².